The number of carbonyl (C=O) groups is 3. The number of esters is 3. The van der Waals surface area contributed by atoms with Crippen molar-refractivity contribution in [1.82, 2.24) is 0 Å². The number of hydrogen-bond acceptors (Lipinski definition) is 6. The van der Waals surface area contributed by atoms with Gasteiger partial charge in [0.15, 0.2) is 6.10 Å². The van der Waals surface area contributed by atoms with Gasteiger partial charge in [-0.25, -0.2) is 0 Å². The third kappa shape index (κ3) is 41.6. The zero-order chi connectivity index (χ0) is 39.7. The van der Waals surface area contributed by atoms with Gasteiger partial charge in [-0.05, 0) is 31.1 Å². The van der Waals surface area contributed by atoms with Crippen LogP contribution in [0, 0.1) is 11.8 Å². The molecule has 6 heteroatoms. The van der Waals surface area contributed by atoms with E-state index in [1.807, 2.05) is 0 Å². The van der Waals surface area contributed by atoms with E-state index in [0.717, 1.165) is 69.6 Å². The number of unbranched alkanes of at least 4 members (excludes halogenated alkanes) is 27. The van der Waals surface area contributed by atoms with Crippen LogP contribution in [0.2, 0.25) is 0 Å². The molecule has 0 aromatic heterocycles. The molecule has 0 rings (SSSR count). The van der Waals surface area contributed by atoms with Gasteiger partial charge in [-0.3, -0.25) is 14.4 Å². The highest BCUT2D eigenvalue weighted by Gasteiger charge is 2.19. The Morgan fingerprint density at radius 2 is 0.611 bits per heavy atom. The van der Waals surface area contributed by atoms with Gasteiger partial charge < -0.3 is 14.2 Å². The van der Waals surface area contributed by atoms with Crippen LogP contribution in [0.3, 0.4) is 0 Å². The second-order valence-electron chi connectivity index (χ2n) is 17.3. The molecule has 54 heavy (non-hydrogen) atoms. The molecule has 0 aliphatic heterocycles. The Morgan fingerprint density at radius 1 is 0.352 bits per heavy atom. The van der Waals surface area contributed by atoms with Crippen LogP contribution >= 0.6 is 0 Å². The van der Waals surface area contributed by atoms with Crippen molar-refractivity contribution >= 4 is 17.9 Å². The lowest BCUT2D eigenvalue weighted by atomic mass is 10.0. The molecule has 320 valence electrons. The molecule has 0 radical (unpaired) electrons. The van der Waals surface area contributed by atoms with Crippen molar-refractivity contribution in [2.24, 2.45) is 11.8 Å². The Balaban J connectivity index is 4.29. The zero-order valence-corrected chi connectivity index (χ0v) is 36.8. The molecule has 0 amide bonds. The van der Waals surface area contributed by atoms with Crippen LogP contribution < -0.4 is 0 Å². The summed E-state index contributed by atoms with van der Waals surface area (Å²) in [7, 11) is 0. The topological polar surface area (TPSA) is 78.9 Å². The van der Waals surface area contributed by atoms with Crippen molar-refractivity contribution in [2.75, 3.05) is 13.2 Å². The van der Waals surface area contributed by atoms with Gasteiger partial charge in [-0.1, -0.05) is 221 Å². The Morgan fingerprint density at radius 3 is 0.907 bits per heavy atom. The third-order valence-corrected chi connectivity index (χ3v) is 10.7. The maximum Gasteiger partial charge on any atom is 0.306 e. The standard InChI is InChI=1S/C48H92O6/c1-6-7-8-9-10-11-12-13-14-15-16-17-18-23-30-35-40-48(51)54-45(42-53-47(50)39-34-29-25-24-27-32-37-44(4)5)41-52-46(49)38-33-28-22-20-19-21-26-31-36-43(2)3/h43-45H,6-42H2,1-5H3/t45-/m1/s1. The van der Waals surface area contributed by atoms with E-state index in [0.29, 0.717) is 19.3 Å². The Bertz CT molecular complexity index is 824. The van der Waals surface area contributed by atoms with Crippen molar-refractivity contribution in [3.8, 4) is 0 Å². The first-order valence-electron chi connectivity index (χ1n) is 23.7. The minimum Gasteiger partial charge on any atom is -0.462 e. The SMILES string of the molecule is CCCCCCCCCCCCCCCCCCC(=O)O[C@H](COC(=O)CCCCCCCCCCC(C)C)COC(=O)CCCCCCCCC(C)C. The summed E-state index contributed by atoms with van der Waals surface area (Å²) in [5.41, 5.74) is 0. The molecule has 0 aromatic carbocycles. The Labute approximate surface area is 336 Å². The molecule has 0 spiro atoms. The van der Waals surface area contributed by atoms with Gasteiger partial charge in [0.1, 0.15) is 13.2 Å². The van der Waals surface area contributed by atoms with Gasteiger partial charge in [0.2, 0.25) is 0 Å². The molecule has 0 bridgehead atoms. The van der Waals surface area contributed by atoms with E-state index < -0.39 is 6.10 Å². The largest absolute Gasteiger partial charge is 0.462 e. The Hall–Kier alpha value is -1.59. The lowest BCUT2D eigenvalue weighted by Gasteiger charge is -2.18. The first kappa shape index (κ1) is 52.4. The minimum atomic E-state index is -0.761. The van der Waals surface area contributed by atoms with Gasteiger partial charge >= 0.3 is 17.9 Å². The molecule has 0 unspecified atom stereocenters. The predicted octanol–water partition coefficient (Wildman–Crippen LogP) is 15.0. The summed E-state index contributed by atoms with van der Waals surface area (Å²) < 4.78 is 16.7. The van der Waals surface area contributed by atoms with Crippen molar-refractivity contribution in [2.45, 2.75) is 265 Å². The predicted molar refractivity (Wildman–Crippen MR) is 229 cm³/mol. The fraction of sp³-hybridized carbons (Fsp3) is 0.938. The summed E-state index contributed by atoms with van der Waals surface area (Å²) in [6, 6.07) is 0. The van der Waals surface area contributed by atoms with Crippen LogP contribution in [0.1, 0.15) is 259 Å². The van der Waals surface area contributed by atoms with E-state index in [9.17, 15) is 14.4 Å². The first-order chi connectivity index (χ1) is 26.2. The molecule has 0 saturated heterocycles. The smallest absolute Gasteiger partial charge is 0.306 e. The van der Waals surface area contributed by atoms with Crippen molar-refractivity contribution in [3.05, 3.63) is 0 Å². The van der Waals surface area contributed by atoms with E-state index in [-0.39, 0.29) is 31.1 Å². The monoisotopic (exact) mass is 765 g/mol. The molecule has 0 N–H and O–H groups in total. The van der Waals surface area contributed by atoms with Crippen molar-refractivity contribution in [1.29, 1.82) is 0 Å². The molecule has 1 atom stereocenters. The van der Waals surface area contributed by atoms with Crippen LogP contribution in [0.25, 0.3) is 0 Å². The van der Waals surface area contributed by atoms with Gasteiger partial charge in [0.05, 0.1) is 0 Å². The lowest BCUT2D eigenvalue weighted by Crippen LogP contribution is -2.30. The maximum absolute atomic E-state index is 12.7. The highest BCUT2D eigenvalue weighted by molar-refractivity contribution is 5.71. The average molecular weight is 765 g/mol. The molecule has 0 aromatic rings. The summed E-state index contributed by atoms with van der Waals surface area (Å²) in [4.78, 5) is 37.7. The molecule has 0 aliphatic carbocycles. The van der Waals surface area contributed by atoms with E-state index in [2.05, 4.69) is 34.6 Å². The number of rotatable bonds is 42. The van der Waals surface area contributed by atoms with E-state index in [1.165, 1.54) is 148 Å². The number of carbonyl (C=O) groups excluding carboxylic acids is 3. The highest BCUT2D eigenvalue weighted by atomic mass is 16.6. The lowest BCUT2D eigenvalue weighted by molar-refractivity contribution is -0.167. The summed E-state index contributed by atoms with van der Waals surface area (Å²) in [5.74, 6) is 0.699. The third-order valence-electron chi connectivity index (χ3n) is 10.7. The van der Waals surface area contributed by atoms with Crippen LogP contribution in [0.15, 0.2) is 0 Å². The first-order valence-corrected chi connectivity index (χ1v) is 23.7. The molecular weight excluding hydrogens is 673 g/mol. The minimum absolute atomic E-state index is 0.0659. The van der Waals surface area contributed by atoms with E-state index in [4.69, 9.17) is 14.2 Å². The van der Waals surface area contributed by atoms with Crippen LogP contribution in [-0.4, -0.2) is 37.2 Å². The fourth-order valence-electron chi connectivity index (χ4n) is 7.11. The second kappa shape index (κ2) is 41.1. The van der Waals surface area contributed by atoms with E-state index >= 15 is 0 Å². The molecular formula is C48H92O6. The fourth-order valence-corrected chi connectivity index (χ4v) is 7.11. The molecule has 0 fully saturated rings. The van der Waals surface area contributed by atoms with Crippen LogP contribution in [-0.2, 0) is 28.6 Å². The van der Waals surface area contributed by atoms with Crippen LogP contribution in [0.4, 0.5) is 0 Å². The number of hydrogen-bond donors (Lipinski definition) is 0. The zero-order valence-electron chi connectivity index (χ0n) is 36.8. The quantitative estimate of drug-likeness (QED) is 0.0350. The van der Waals surface area contributed by atoms with E-state index in [1.54, 1.807) is 0 Å². The maximum atomic E-state index is 12.7. The number of ether oxygens (including phenoxy) is 3. The molecule has 0 saturated carbocycles. The van der Waals surface area contributed by atoms with Gasteiger partial charge in [0.25, 0.3) is 0 Å². The van der Waals surface area contributed by atoms with Gasteiger partial charge in [-0.2, -0.15) is 0 Å². The molecule has 0 aliphatic rings. The normalized spacial score (nSPS) is 12.1. The van der Waals surface area contributed by atoms with Crippen molar-refractivity contribution < 1.29 is 28.6 Å². The summed E-state index contributed by atoms with van der Waals surface area (Å²) in [6.07, 6.45) is 39.6. The van der Waals surface area contributed by atoms with Crippen LogP contribution in [0.5, 0.6) is 0 Å². The Kier molecular flexibility index (Phi) is 39.8. The molecule has 6 nitrogen and oxygen atoms in total. The summed E-state index contributed by atoms with van der Waals surface area (Å²) >= 11 is 0. The average Bonchev–Trinajstić information content (AvgIpc) is 3.14. The second-order valence-corrected chi connectivity index (χ2v) is 17.3. The summed E-state index contributed by atoms with van der Waals surface area (Å²) in [5, 5.41) is 0. The highest BCUT2D eigenvalue weighted by Crippen LogP contribution is 2.17. The van der Waals surface area contributed by atoms with Gasteiger partial charge in [-0.15, -0.1) is 0 Å². The van der Waals surface area contributed by atoms with Crippen molar-refractivity contribution in [3.63, 3.8) is 0 Å². The van der Waals surface area contributed by atoms with Gasteiger partial charge in [0, 0.05) is 19.3 Å². The summed E-state index contributed by atoms with van der Waals surface area (Å²) in [6.45, 7) is 11.2. The molecule has 0 heterocycles.